The summed E-state index contributed by atoms with van der Waals surface area (Å²) in [6.45, 7) is 3.52. The number of hydrogen-bond donors (Lipinski definition) is 2. The Morgan fingerprint density at radius 2 is 2.22 bits per heavy atom. The third-order valence-electron chi connectivity index (χ3n) is 3.26. The fourth-order valence-electron chi connectivity index (χ4n) is 1.96. The molecule has 1 atom stereocenters. The number of rotatable bonds is 2. The molecule has 1 aliphatic rings. The van der Waals surface area contributed by atoms with Gasteiger partial charge in [-0.05, 0) is 26.0 Å². The maximum absolute atomic E-state index is 12.1. The molecule has 0 aromatic carbocycles. The van der Waals surface area contributed by atoms with Crippen LogP contribution in [0.25, 0.3) is 0 Å². The molecule has 1 aromatic heterocycles. The van der Waals surface area contributed by atoms with E-state index in [1.165, 1.54) is 10.6 Å². The second-order valence-corrected chi connectivity index (χ2v) is 4.81. The standard InChI is InChI=1S/C12H17N3O2.ClH/c1-12(5-6-13-8-12)11(17)14-9-3-4-10(16)15(2)7-9;/h3-4,7,13H,5-6,8H2,1-2H3,(H,14,17);1H. The lowest BCUT2D eigenvalue weighted by molar-refractivity contribution is -0.123. The first-order valence-corrected chi connectivity index (χ1v) is 5.70. The largest absolute Gasteiger partial charge is 0.324 e. The quantitative estimate of drug-likeness (QED) is 0.834. The van der Waals surface area contributed by atoms with E-state index < -0.39 is 0 Å². The molecule has 1 aromatic rings. The number of anilines is 1. The Balaban J connectivity index is 0.00000162. The molecule has 0 radical (unpaired) electrons. The Morgan fingerprint density at radius 3 is 2.78 bits per heavy atom. The molecule has 0 aliphatic carbocycles. The second-order valence-electron chi connectivity index (χ2n) is 4.81. The predicted octanol–water partition coefficient (Wildman–Crippen LogP) is 0.745. The van der Waals surface area contributed by atoms with E-state index in [2.05, 4.69) is 10.6 Å². The van der Waals surface area contributed by atoms with Crippen molar-refractivity contribution in [3.05, 3.63) is 28.7 Å². The van der Waals surface area contributed by atoms with Gasteiger partial charge in [0.25, 0.3) is 0 Å². The van der Waals surface area contributed by atoms with Gasteiger partial charge in [-0.2, -0.15) is 0 Å². The van der Waals surface area contributed by atoms with Crippen LogP contribution in [0.15, 0.2) is 23.1 Å². The molecule has 1 saturated heterocycles. The van der Waals surface area contributed by atoms with Gasteiger partial charge in [0.05, 0.1) is 11.1 Å². The monoisotopic (exact) mass is 271 g/mol. The molecule has 0 spiro atoms. The Morgan fingerprint density at radius 1 is 1.50 bits per heavy atom. The minimum absolute atomic E-state index is 0. The second kappa shape index (κ2) is 5.54. The van der Waals surface area contributed by atoms with Crippen molar-refractivity contribution in [1.82, 2.24) is 9.88 Å². The van der Waals surface area contributed by atoms with Crippen molar-refractivity contribution in [2.75, 3.05) is 18.4 Å². The summed E-state index contributed by atoms with van der Waals surface area (Å²) in [5.74, 6) is 0.00106. The van der Waals surface area contributed by atoms with E-state index in [0.29, 0.717) is 12.2 Å². The highest BCUT2D eigenvalue weighted by atomic mass is 35.5. The lowest BCUT2D eigenvalue weighted by Gasteiger charge is -2.21. The zero-order valence-corrected chi connectivity index (χ0v) is 11.3. The highest BCUT2D eigenvalue weighted by Crippen LogP contribution is 2.26. The Labute approximate surface area is 112 Å². The normalized spacial score (nSPS) is 22.3. The Bertz CT molecular complexity index is 492. The third kappa shape index (κ3) is 2.91. The van der Waals surface area contributed by atoms with E-state index in [4.69, 9.17) is 0 Å². The fraction of sp³-hybridized carbons (Fsp3) is 0.500. The molecule has 0 bridgehead atoms. The summed E-state index contributed by atoms with van der Waals surface area (Å²) in [4.78, 5) is 23.3. The zero-order chi connectivity index (χ0) is 12.5. The van der Waals surface area contributed by atoms with Crippen LogP contribution in [0.1, 0.15) is 13.3 Å². The average molecular weight is 272 g/mol. The Kier molecular flexibility index (Phi) is 4.53. The number of nitrogens with zero attached hydrogens (tertiary/aromatic N) is 1. The van der Waals surface area contributed by atoms with Gasteiger partial charge in [0.2, 0.25) is 11.5 Å². The molecule has 2 rings (SSSR count). The van der Waals surface area contributed by atoms with Crippen LogP contribution in [0.4, 0.5) is 5.69 Å². The molecule has 1 fully saturated rings. The van der Waals surface area contributed by atoms with Gasteiger partial charge in [-0.3, -0.25) is 9.59 Å². The zero-order valence-electron chi connectivity index (χ0n) is 10.5. The van der Waals surface area contributed by atoms with E-state index in [1.807, 2.05) is 6.92 Å². The molecule has 6 heteroatoms. The van der Waals surface area contributed by atoms with Crippen LogP contribution >= 0.6 is 12.4 Å². The minimum Gasteiger partial charge on any atom is -0.324 e. The van der Waals surface area contributed by atoms with Crippen LogP contribution in [-0.2, 0) is 11.8 Å². The van der Waals surface area contributed by atoms with E-state index in [1.54, 1.807) is 19.3 Å². The van der Waals surface area contributed by atoms with Gasteiger partial charge in [0, 0.05) is 25.9 Å². The third-order valence-corrected chi connectivity index (χ3v) is 3.26. The molecule has 1 unspecified atom stereocenters. The molecule has 100 valence electrons. The highest BCUT2D eigenvalue weighted by Gasteiger charge is 2.36. The number of aromatic nitrogens is 1. The van der Waals surface area contributed by atoms with Gasteiger partial charge in [0.1, 0.15) is 0 Å². The summed E-state index contributed by atoms with van der Waals surface area (Å²) in [7, 11) is 1.66. The van der Waals surface area contributed by atoms with Crippen molar-refractivity contribution >= 4 is 24.0 Å². The molecular weight excluding hydrogens is 254 g/mol. The summed E-state index contributed by atoms with van der Waals surface area (Å²) in [6.07, 6.45) is 2.47. The predicted molar refractivity (Wildman–Crippen MR) is 73.2 cm³/mol. The van der Waals surface area contributed by atoms with Crippen LogP contribution in [0.2, 0.25) is 0 Å². The number of aryl methyl sites for hydroxylation is 1. The molecule has 0 saturated carbocycles. The SMILES string of the molecule is Cl.Cn1cc(NC(=O)C2(C)CCNC2)ccc1=O. The van der Waals surface area contributed by atoms with E-state index in [0.717, 1.165) is 13.0 Å². The molecule has 2 heterocycles. The molecule has 2 N–H and O–H groups in total. The van der Waals surface area contributed by atoms with Crippen LogP contribution in [0.3, 0.4) is 0 Å². The highest BCUT2D eigenvalue weighted by molar-refractivity contribution is 5.95. The summed E-state index contributed by atoms with van der Waals surface area (Å²) in [5, 5.41) is 6.04. The van der Waals surface area contributed by atoms with Gasteiger partial charge >= 0.3 is 0 Å². The summed E-state index contributed by atoms with van der Waals surface area (Å²) in [5.41, 5.74) is 0.219. The lowest BCUT2D eigenvalue weighted by Crippen LogP contribution is -2.35. The smallest absolute Gasteiger partial charge is 0.250 e. The molecule has 1 amide bonds. The van der Waals surface area contributed by atoms with Crippen LogP contribution in [0.5, 0.6) is 0 Å². The minimum atomic E-state index is -0.352. The Hall–Kier alpha value is -1.33. The first-order valence-electron chi connectivity index (χ1n) is 5.70. The van der Waals surface area contributed by atoms with Crippen molar-refractivity contribution in [1.29, 1.82) is 0 Å². The van der Waals surface area contributed by atoms with Crippen LogP contribution in [-0.4, -0.2) is 23.6 Å². The first-order chi connectivity index (χ1) is 8.01. The maximum atomic E-state index is 12.1. The first kappa shape index (κ1) is 14.7. The number of halogens is 1. The number of amides is 1. The number of hydrogen-bond acceptors (Lipinski definition) is 3. The topological polar surface area (TPSA) is 63.1 Å². The van der Waals surface area contributed by atoms with E-state index in [9.17, 15) is 9.59 Å². The van der Waals surface area contributed by atoms with Crippen molar-refractivity contribution < 1.29 is 4.79 Å². The molecular formula is C12H18ClN3O2. The van der Waals surface area contributed by atoms with Crippen LogP contribution < -0.4 is 16.2 Å². The average Bonchev–Trinajstić information content (AvgIpc) is 2.72. The van der Waals surface area contributed by atoms with Crippen LogP contribution in [0, 0.1) is 5.41 Å². The summed E-state index contributed by atoms with van der Waals surface area (Å²) < 4.78 is 1.45. The van der Waals surface area contributed by atoms with Gasteiger partial charge in [-0.25, -0.2) is 0 Å². The van der Waals surface area contributed by atoms with Crippen molar-refractivity contribution in [3.8, 4) is 0 Å². The molecule has 5 nitrogen and oxygen atoms in total. The van der Waals surface area contributed by atoms with Gasteiger partial charge < -0.3 is 15.2 Å². The van der Waals surface area contributed by atoms with E-state index in [-0.39, 0.29) is 29.3 Å². The van der Waals surface area contributed by atoms with Gasteiger partial charge in [0.15, 0.2) is 0 Å². The molecule has 1 aliphatic heterocycles. The lowest BCUT2D eigenvalue weighted by atomic mass is 9.89. The van der Waals surface area contributed by atoms with E-state index >= 15 is 0 Å². The van der Waals surface area contributed by atoms with Crippen molar-refractivity contribution in [2.45, 2.75) is 13.3 Å². The van der Waals surface area contributed by atoms with Crippen molar-refractivity contribution in [3.63, 3.8) is 0 Å². The summed E-state index contributed by atoms with van der Waals surface area (Å²) >= 11 is 0. The van der Waals surface area contributed by atoms with Gasteiger partial charge in [-0.1, -0.05) is 0 Å². The molecule has 18 heavy (non-hydrogen) atoms. The maximum Gasteiger partial charge on any atom is 0.250 e. The fourth-order valence-corrected chi connectivity index (χ4v) is 1.96. The summed E-state index contributed by atoms with van der Waals surface area (Å²) in [6, 6.07) is 3.08. The number of carbonyl (C=O) groups is 1. The van der Waals surface area contributed by atoms with Crippen molar-refractivity contribution in [2.24, 2.45) is 12.5 Å². The number of nitrogens with one attached hydrogen (secondary N) is 2. The van der Waals surface area contributed by atoms with Gasteiger partial charge in [-0.15, -0.1) is 12.4 Å². The number of carbonyl (C=O) groups excluding carboxylic acids is 1. The number of pyridine rings is 1.